The molecule has 1 aliphatic carbocycles. The number of aliphatic hydroxyl groups excluding tert-OH is 2. The number of rotatable bonds is 2. The lowest BCUT2D eigenvalue weighted by Crippen LogP contribution is -2.34. The SMILES string of the molecule is C[C@@H]1CC[C@H]([C@H](C)CO)[C@H](O)C1. The zero-order valence-electron chi connectivity index (χ0n) is 8.03. The molecule has 12 heavy (non-hydrogen) atoms. The Balaban J connectivity index is 2.44. The van der Waals surface area contributed by atoms with Crippen LogP contribution in [0.2, 0.25) is 0 Å². The lowest BCUT2D eigenvalue weighted by atomic mass is 9.75. The highest BCUT2D eigenvalue weighted by Crippen LogP contribution is 2.33. The van der Waals surface area contributed by atoms with Crippen LogP contribution in [0.25, 0.3) is 0 Å². The van der Waals surface area contributed by atoms with Crippen molar-refractivity contribution >= 4 is 0 Å². The van der Waals surface area contributed by atoms with Crippen molar-refractivity contribution in [2.45, 2.75) is 39.2 Å². The molecule has 1 fully saturated rings. The van der Waals surface area contributed by atoms with Crippen LogP contribution in [0, 0.1) is 17.8 Å². The van der Waals surface area contributed by atoms with E-state index < -0.39 is 0 Å². The lowest BCUT2D eigenvalue weighted by Gasteiger charge is -2.34. The molecule has 0 aromatic rings. The van der Waals surface area contributed by atoms with E-state index in [1.165, 1.54) is 6.42 Å². The van der Waals surface area contributed by atoms with Gasteiger partial charge in [-0.1, -0.05) is 20.3 Å². The minimum Gasteiger partial charge on any atom is -0.396 e. The fraction of sp³-hybridized carbons (Fsp3) is 1.00. The van der Waals surface area contributed by atoms with Gasteiger partial charge in [-0.2, -0.15) is 0 Å². The van der Waals surface area contributed by atoms with Gasteiger partial charge in [-0.15, -0.1) is 0 Å². The molecule has 1 saturated carbocycles. The standard InChI is InChI=1S/C10H20O2/c1-7-3-4-9(8(2)6-11)10(12)5-7/h7-12H,3-6H2,1-2H3/t7-,8-,9-,10-/m1/s1. The number of hydrogen-bond acceptors (Lipinski definition) is 2. The van der Waals surface area contributed by atoms with Crippen molar-refractivity contribution in [2.24, 2.45) is 17.8 Å². The Bertz CT molecular complexity index is 136. The first kappa shape index (κ1) is 10.0. The van der Waals surface area contributed by atoms with Crippen LogP contribution < -0.4 is 0 Å². The first-order valence-corrected chi connectivity index (χ1v) is 4.94. The fourth-order valence-corrected chi connectivity index (χ4v) is 2.17. The van der Waals surface area contributed by atoms with Gasteiger partial charge in [0.05, 0.1) is 6.10 Å². The number of hydrogen-bond donors (Lipinski definition) is 2. The molecule has 0 unspecified atom stereocenters. The van der Waals surface area contributed by atoms with Crippen LogP contribution in [0.4, 0.5) is 0 Å². The Hall–Kier alpha value is -0.0800. The predicted molar refractivity (Wildman–Crippen MR) is 48.8 cm³/mol. The molecule has 2 heteroatoms. The highest BCUT2D eigenvalue weighted by atomic mass is 16.3. The number of aliphatic hydroxyl groups is 2. The van der Waals surface area contributed by atoms with Gasteiger partial charge in [-0.05, 0) is 30.6 Å². The summed E-state index contributed by atoms with van der Waals surface area (Å²) in [5.74, 6) is 1.24. The molecule has 1 aliphatic rings. The van der Waals surface area contributed by atoms with Crippen LogP contribution in [-0.2, 0) is 0 Å². The van der Waals surface area contributed by atoms with E-state index in [0.29, 0.717) is 11.8 Å². The van der Waals surface area contributed by atoms with Gasteiger partial charge in [-0.3, -0.25) is 0 Å². The van der Waals surface area contributed by atoms with Crippen molar-refractivity contribution in [1.82, 2.24) is 0 Å². The molecular formula is C10H20O2. The zero-order chi connectivity index (χ0) is 9.14. The Morgan fingerprint density at radius 1 is 1.42 bits per heavy atom. The van der Waals surface area contributed by atoms with E-state index in [4.69, 9.17) is 5.11 Å². The fourth-order valence-electron chi connectivity index (χ4n) is 2.17. The van der Waals surface area contributed by atoms with Gasteiger partial charge in [-0.25, -0.2) is 0 Å². The average molecular weight is 172 g/mol. The monoisotopic (exact) mass is 172 g/mol. The molecular weight excluding hydrogens is 152 g/mol. The van der Waals surface area contributed by atoms with Gasteiger partial charge < -0.3 is 10.2 Å². The Kier molecular flexibility index (Phi) is 3.53. The Morgan fingerprint density at radius 2 is 2.08 bits per heavy atom. The molecule has 0 heterocycles. The van der Waals surface area contributed by atoms with Crippen molar-refractivity contribution < 1.29 is 10.2 Å². The van der Waals surface area contributed by atoms with Gasteiger partial charge in [0.15, 0.2) is 0 Å². The minimum absolute atomic E-state index is 0.184. The van der Waals surface area contributed by atoms with E-state index in [1.54, 1.807) is 0 Å². The average Bonchev–Trinajstić information content (AvgIpc) is 2.03. The summed E-state index contributed by atoms with van der Waals surface area (Å²) >= 11 is 0. The van der Waals surface area contributed by atoms with E-state index in [2.05, 4.69) is 6.92 Å². The van der Waals surface area contributed by atoms with Gasteiger partial charge in [0, 0.05) is 6.61 Å². The quantitative estimate of drug-likeness (QED) is 0.661. The molecule has 1 rings (SSSR count). The van der Waals surface area contributed by atoms with Crippen LogP contribution in [0.5, 0.6) is 0 Å². The van der Waals surface area contributed by atoms with E-state index in [0.717, 1.165) is 12.8 Å². The molecule has 0 bridgehead atoms. The maximum Gasteiger partial charge on any atom is 0.0574 e. The van der Waals surface area contributed by atoms with Crippen LogP contribution in [0.3, 0.4) is 0 Å². The summed E-state index contributed by atoms with van der Waals surface area (Å²) in [5.41, 5.74) is 0. The third-order valence-corrected chi connectivity index (χ3v) is 3.15. The summed E-state index contributed by atoms with van der Waals surface area (Å²) in [6.07, 6.45) is 3.00. The summed E-state index contributed by atoms with van der Waals surface area (Å²) in [4.78, 5) is 0. The van der Waals surface area contributed by atoms with Crippen molar-refractivity contribution in [2.75, 3.05) is 6.61 Å². The van der Waals surface area contributed by atoms with Crippen LogP contribution in [0.1, 0.15) is 33.1 Å². The maximum absolute atomic E-state index is 9.73. The van der Waals surface area contributed by atoms with Gasteiger partial charge >= 0.3 is 0 Å². The molecule has 0 spiro atoms. The smallest absolute Gasteiger partial charge is 0.0574 e. The normalized spacial score (nSPS) is 39.5. The second-order valence-electron chi connectivity index (χ2n) is 4.31. The second kappa shape index (κ2) is 4.24. The lowest BCUT2D eigenvalue weighted by molar-refractivity contribution is 0.00804. The third-order valence-electron chi connectivity index (χ3n) is 3.15. The first-order valence-electron chi connectivity index (χ1n) is 4.94. The molecule has 72 valence electrons. The molecule has 2 nitrogen and oxygen atoms in total. The minimum atomic E-state index is -0.184. The molecule has 2 N–H and O–H groups in total. The summed E-state index contributed by atoms with van der Waals surface area (Å²) in [7, 11) is 0. The largest absolute Gasteiger partial charge is 0.396 e. The zero-order valence-corrected chi connectivity index (χ0v) is 8.03. The molecule has 0 aliphatic heterocycles. The van der Waals surface area contributed by atoms with Gasteiger partial charge in [0.2, 0.25) is 0 Å². The summed E-state index contributed by atoms with van der Waals surface area (Å²) in [6, 6.07) is 0. The summed E-state index contributed by atoms with van der Waals surface area (Å²) in [6.45, 7) is 4.41. The van der Waals surface area contributed by atoms with Crippen molar-refractivity contribution in [3.05, 3.63) is 0 Å². The highest BCUT2D eigenvalue weighted by Gasteiger charge is 2.30. The molecule has 0 radical (unpaired) electrons. The van der Waals surface area contributed by atoms with E-state index in [-0.39, 0.29) is 18.6 Å². The van der Waals surface area contributed by atoms with E-state index >= 15 is 0 Å². The van der Waals surface area contributed by atoms with Crippen molar-refractivity contribution in [3.8, 4) is 0 Å². The van der Waals surface area contributed by atoms with E-state index in [1.807, 2.05) is 6.92 Å². The Labute approximate surface area is 74.6 Å². The van der Waals surface area contributed by atoms with Crippen LogP contribution in [-0.4, -0.2) is 22.9 Å². The Morgan fingerprint density at radius 3 is 2.58 bits per heavy atom. The summed E-state index contributed by atoms with van der Waals surface area (Å²) < 4.78 is 0. The van der Waals surface area contributed by atoms with Gasteiger partial charge in [0.1, 0.15) is 0 Å². The van der Waals surface area contributed by atoms with E-state index in [9.17, 15) is 5.11 Å². The predicted octanol–water partition coefficient (Wildman–Crippen LogP) is 1.41. The maximum atomic E-state index is 9.73. The topological polar surface area (TPSA) is 40.5 Å². The molecule has 4 atom stereocenters. The first-order chi connectivity index (χ1) is 5.65. The van der Waals surface area contributed by atoms with Crippen molar-refractivity contribution in [3.63, 3.8) is 0 Å². The molecule has 0 aromatic heterocycles. The molecule has 0 aromatic carbocycles. The molecule has 0 amide bonds. The van der Waals surface area contributed by atoms with Crippen LogP contribution >= 0.6 is 0 Å². The molecule has 0 saturated heterocycles. The van der Waals surface area contributed by atoms with Crippen LogP contribution in [0.15, 0.2) is 0 Å². The highest BCUT2D eigenvalue weighted by molar-refractivity contribution is 4.80. The second-order valence-corrected chi connectivity index (χ2v) is 4.31. The summed E-state index contributed by atoms with van der Waals surface area (Å²) in [5, 5.41) is 18.7. The third kappa shape index (κ3) is 2.20. The van der Waals surface area contributed by atoms with Crippen molar-refractivity contribution in [1.29, 1.82) is 0 Å². The van der Waals surface area contributed by atoms with Gasteiger partial charge in [0.25, 0.3) is 0 Å².